The third-order valence-corrected chi connectivity index (χ3v) is 4.69. The highest BCUT2D eigenvalue weighted by Gasteiger charge is 2.22. The number of methoxy groups -OCH3 is 1. The fourth-order valence-corrected chi connectivity index (χ4v) is 3.43. The molecule has 3 nitrogen and oxygen atoms in total. The topological polar surface area (TPSA) is 21.7 Å². The molecule has 1 atom stereocenters. The fourth-order valence-electron chi connectivity index (χ4n) is 2.69. The van der Waals surface area contributed by atoms with E-state index in [-0.39, 0.29) is 6.10 Å². The molecule has 0 saturated heterocycles. The van der Waals surface area contributed by atoms with Crippen LogP contribution in [0.5, 0.6) is 11.5 Å². The molecule has 4 heteroatoms. The first-order valence-electron chi connectivity index (χ1n) is 7.36. The maximum Gasteiger partial charge on any atom is 0.124 e. The van der Waals surface area contributed by atoms with Crippen LogP contribution in [0.4, 0.5) is 0 Å². The number of ether oxygens (including phenoxy) is 2. The zero-order valence-electron chi connectivity index (χ0n) is 12.5. The van der Waals surface area contributed by atoms with Gasteiger partial charge < -0.3 is 9.47 Å². The van der Waals surface area contributed by atoms with Gasteiger partial charge in [-0.1, -0.05) is 13.0 Å². The average molecular weight is 303 g/mol. The molecule has 2 aromatic rings. The molecule has 0 unspecified atom stereocenters. The highest BCUT2D eigenvalue weighted by molar-refractivity contribution is 7.09. The SMILES string of the molecule is CC[C@H]1CN(Cc2cccs2)Cc2cc(OC)ccc2O1. The molecule has 1 aromatic heterocycles. The molecule has 1 aliphatic heterocycles. The Balaban J connectivity index is 1.85. The molecule has 0 spiro atoms. The van der Waals surface area contributed by atoms with Crippen LogP contribution in [-0.2, 0) is 13.1 Å². The highest BCUT2D eigenvalue weighted by atomic mass is 32.1. The van der Waals surface area contributed by atoms with Crippen LogP contribution in [0.15, 0.2) is 35.7 Å². The van der Waals surface area contributed by atoms with E-state index in [0.29, 0.717) is 0 Å². The Hall–Kier alpha value is -1.52. The van der Waals surface area contributed by atoms with Gasteiger partial charge in [0.15, 0.2) is 0 Å². The maximum atomic E-state index is 6.16. The second kappa shape index (κ2) is 6.50. The van der Waals surface area contributed by atoms with Gasteiger partial charge in [0.05, 0.1) is 7.11 Å². The minimum absolute atomic E-state index is 0.250. The van der Waals surface area contributed by atoms with Crippen molar-refractivity contribution in [3.8, 4) is 11.5 Å². The van der Waals surface area contributed by atoms with Crippen LogP contribution < -0.4 is 9.47 Å². The standard InChI is InChI=1S/C17H21NO2S/c1-3-14-11-18(12-16-5-4-8-21-16)10-13-9-15(19-2)6-7-17(13)20-14/h4-9,14H,3,10-12H2,1-2H3/t14-/m0/s1. The van der Waals surface area contributed by atoms with Gasteiger partial charge in [0.1, 0.15) is 17.6 Å². The molecule has 1 aromatic carbocycles. The zero-order chi connectivity index (χ0) is 14.7. The number of fused-ring (bicyclic) bond motifs is 1. The molecule has 21 heavy (non-hydrogen) atoms. The number of hydrogen-bond donors (Lipinski definition) is 0. The summed E-state index contributed by atoms with van der Waals surface area (Å²) >= 11 is 1.81. The van der Waals surface area contributed by atoms with Crippen LogP contribution in [0.25, 0.3) is 0 Å². The first kappa shape index (κ1) is 14.4. The van der Waals surface area contributed by atoms with Crippen molar-refractivity contribution >= 4 is 11.3 Å². The Bertz CT molecular complexity index is 582. The quantitative estimate of drug-likeness (QED) is 0.854. The molecule has 0 amide bonds. The minimum Gasteiger partial charge on any atom is -0.497 e. The lowest BCUT2D eigenvalue weighted by atomic mass is 10.1. The van der Waals surface area contributed by atoms with Crippen LogP contribution in [0.3, 0.4) is 0 Å². The van der Waals surface area contributed by atoms with Crippen molar-refractivity contribution in [2.75, 3.05) is 13.7 Å². The van der Waals surface area contributed by atoms with Gasteiger partial charge in [-0.15, -0.1) is 11.3 Å². The molecule has 2 heterocycles. The van der Waals surface area contributed by atoms with E-state index >= 15 is 0 Å². The van der Waals surface area contributed by atoms with Crippen LogP contribution in [0, 0.1) is 0 Å². The van der Waals surface area contributed by atoms with E-state index in [1.165, 1.54) is 10.4 Å². The van der Waals surface area contributed by atoms with Crippen LogP contribution in [-0.4, -0.2) is 24.7 Å². The average Bonchev–Trinajstić information content (AvgIpc) is 2.93. The fraction of sp³-hybridized carbons (Fsp3) is 0.412. The Morgan fingerprint density at radius 1 is 1.38 bits per heavy atom. The lowest BCUT2D eigenvalue weighted by Crippen LogP contribution is -2.31. The lowest BCUT2D eigenvalue weighted by molar-refractivity contribution is 0.140. The number of benzene rings is 1. The Morgan fingerprint density at radius 2 is 2.29 bits per heavy atom. The van der Waals surface area contributed by atoms with E-state index in [4.69, 9.17) is 9.47 Å². The van der Waals surface area contributed by atoms with Gasteiger partial charge in [-0.2, -0.15) is 0 Å². The van der Waals surface area contributed by atoms with Crippen LogP contribution in [0.2, 0.25) is 0 Å². The summed E-state index contributed by atoms with van der Waals surface area (Å²) in [5, 5.41) is 2.14. The highest BCUT2D eigenvalue weighted by Crippen LogP contribution is 2.30. The van der Waals surface area contributed by atoms with Crippen molar-refractivity contribution in [2.24, 2.45) is 0 Å². The summed E-state index contributed by atoms with van der Waals surface area (Å²) in [5.41, 5.74) is 1.21. The van der Waals surface area contributed by atoms with Gasteiger partial charge in [-0.25, -0.2) is 0 Å². The summed E-state index contributed by atoms with van der Waals surface area (Å²) in [6, 6.07) is 10.4. The Morgan fingerprint density at radius 3 is 3.00 bits per heavy atom. The van der Waals surface area contributed by atoms with Crippen molar-refractivity contribution in [3.63, 3.8) is 0 Å². The first-order valence-corrected chi connectivity index (χ1v) is 8.24. The molecule has 0 aliphatic carbocycles. The number of rotatable bonds is 4. The zero-order valence-corrected chi connectivity index (χ0v) is 13.4. The van der Waals surface area contributed by atoms with Crippen LogP contribution in [0.1, 0.15) is 23.8 Å². The van der Waals surface area contributed by atoms with E-state index in [2.05, 4.69) is 35.4 Å². The third kappa shape index (κ3) is 3.39. The summed E-state index contributed by atoms with van der Waals surface area (Å²) in [6.45, 7) is 5.03. The van der Waals surface area contributed by atoms with Crippen molar-refractivity contribution in [1.29, 1.82) is 0 Å². The monoisotopic (exact) mass is 303 g/mol. The van der Waals surface area contributed by atoms with Crippen LogP contribution >= 0.6 is 11.3 Å². The largest absolute Gasteiger partial charge is 0.497 e. The molecule has 0 saturated carbocycles. The molecular weight excluding hydrogens is 282 g/mol. The predicted molar refractivity (Wildman–Crippen MR) is 86.1 cm³/mol. The van der Waals surface area contributed by atoms with Crippen molar-refractivity contribution in [3.05, 3.63) is 46.2 Å². The van der Waals surface area contributed by atoms with Gasteiger partial charge in [0.25, 0.3) is 0 Å². The number of nitrogens with zero attached hydrogens (tertiary/aromatic N) is 1. The predicted octanol–water partition coefficient (Wildman–Crippen LogP) is 3.93. The molecule has 3 rings (SSSR count). The molecular formula is C17H21NO2S. The normalized spacial score (nSPS) is 18.7. The van der Waals surface area contributed by atoms with Gasteiger partial charge in [0.2, 0.25) is 0 Å². The number of thiophene rings is 1. The van der Waals surface area contributed by atoms with E-state index in [0.717, 1.165) is 37.6 Å². The lowest BCUT2D eigenvalue weighted by Gasteiger charge is -2.22. The van der Waals surface area contributed by atoms with E-state index in [1.807, 2.05) is 23.5 Å². The minimum atomic E-state index is 0.250. The summed E-state index contributed by atoms with van der Waals surface area (Å²) in [4.78, 5) is 3.86. The summed E-state index contributed by atoms with van der Waals surface area (Å²) < 4.78 is 11.5. The summed E-state index contributed by atoms with van der Waals surface area (Å²) in [7, 11) is 1.71. The molecule has 0 radical (unpaired) electrons. The van der Waals surface area contributed by atoms with Crippen molar-refractivity contribution < 1.29 is 9.47 Å². The van der Waals surface area contributed by atoms with Gasteiger partial charge >= 0.3 is 0 Å². The molecule has 0 N–H and O–H groups in total. The van der Waals surface area contributed by atoms with Crippen molar-refractivity contribution in [2.45, 2.75) is 32.5 Å². The maximum absolute atomic E-state index is 6.16. The van der Waals surface area contributed by atoms with E-state index in [1.54, 1.807) is 7.11 Å². The van der Waals surface area contributed by atoms with Gasteiger partial charge in [-0.05, 0) is 36.1 Å². The molecule has 0 bridgehead atoms. The Kier molecular flexibility index (Phi) is 4.46. The van der Waals surface area contributed by atoms with Gasteiger partial charge in [0, 0.05) is 30.1 Å². The summed E-state index contributed by atoms with van der Waals surface area (Å²) in [6.07, 6.45) is 1.27. The Labute approximate surface area is 130 Å². The first-order chi connectivity index (χ1) is 10.3. The van der Waals surface area contributed by atoms with E-state index < -0.39 is 0 Å². The third-order valence-electron chi connectivity index (χ3n) is 3.83. The number of hydrogen-bond acceptors (Lipinski definition) is 4. The smallest absolute Gasteiger partial charge is 0.124 e. The molecule has 1 aliphatic rings. The van der Waals surface area contributed by atoms with Crippen molar-refractivity contribution in [1.82, 2.24) is 4.90 Å². The second-order valence-corrected chi connectivity index (χ2v) is 6.40. The molecule has 0 fully saturated rings. The van der Waals surface area contributed by atoms with Gasteiger partial charge in [-0.3, -0.25) is 4.90 Å². The summed E-state index contributed by atoms with van der Waals surface area (Å²) in [5.74, 6) is 1.89. The second-order valence-electron chi connectivity index (χ2n) is 5.37. The van der Waals surface area contributed by atoms with E-state index in [9.17, 15) is 0 Å². The molecule has 112 valence electrons.